The number of para-hydroxylation sites is 1. The molecular formula is C26H29FN2O. The lowest BCUT2D eigenvalue weighted by atomic mass is 9.97. The van der Waals surface area contributed by atoms with Crippen LogP contribution in [0.1, 0.15) is 49.7 Å². The van der Waals surface area contributed by atoms with Crippen LogP contribution in [0.4, 0.5) is 4.39 Å². The van der Waals surface area contributed by atoms with Gasteiger partial charge in [-0.05, 0) is 56.2 Å². The van der Waals surface area contributed by atoms with E-state index in [0.717, 1.165) is 29.4 Å². The number of fused-ring (bicyclic) bond motifs is 1. The normalized spacial score (nSPS) is 14.0. The number of carbonyl (C=O) groups excluding carboxylic acids is 1. The first-order chi connectivity index (χ1) is 14.7. The van der Waals surface area contributed by atoms with E-state index in [1.54, 1.807) is 6.07 Å². The molecule has 2 aromatic carbocycles. The standard InChI is InChI=1S/C26H29FN2O/c27-24-12-6-4-10-22(24)19-29-18-21(23-11-5-7-13-25(23)29)14-15-26(30)28-17-16-20-8-2-1-3-9-20/h4-8,10-13,18H,1-3,9,14-17,19H2,(H,28,30). The fourth-order valence-electron chi connectivity index (χ4n) is 4.29. The van der Waals surface area contributed by atoms with Crippen LogP contribution in [0.5, 0.6) is 0 Å². The molecule has 0 radical (unpaired) electrons. The van der Waals surface area contributed by atoms with Gasteiger partial charge in [0.2, 0.25) is 5.91 Å². The van der Waals surface area contributed by atoms with Gasteiger partial charge in [-0.25, -0.2) is 4.39 Å². The van der Waals surface area contributed by atoms with Gasteiger partial charge in [-0.2, -0.15) is 0 Å². The molecule has 0 atom stereocenters. The van der Waals surface area contributed by atoms with E-state index in [2.05, 4.69) is 34.3 Å². The molecule has 3 aromatic rings. The minimum absolute atomic E-state index is 0.0948. The van der Waals surface area contributed by atoms with Gasteiger partial charge in [0.1, 0.15) is 5.82 Å². The third kappa shape index (κ3) is 4.99. The summed E-state index contributed by atoms with van der Waals surface area (Å²) in [6, 6.07) is 15.0. The quantitative estimate of drug-likeness (QED) is 0.475. The summed E-state index contributed by atoms with van der Waals surface area (Å²) in [6.45, 7) is 1.20. The first-order valence-corrected chi connectivity index (χ1v) is 11.0. The zero-order chi connectivity index (χ0) is 20.8. The van der Waals surface area contributed by atoms with Crippen LogP contribution in [0.2, 0.25) is 0 Å². The molecule has 0 saturated heterocycles. The zero-order valence-electron chi connectivity index (χ0n) is 17.4. The van der Waals surface area contributed by atoms with Gasteiger partial charge in [-0.3, -0.25) is 4.79 Å². The van der Waals surface area contributed by atoms with E-state index in [1.807, 2.05) is 24.3 Å². The van der Waals surface area contributed by atoms with Crippen LogP contribution in [0.25, 0.3) is 10.9 Å². The van der Waals surface area contributed by atoms with E-state index >= 15 is 0 Å². The Balaban J connectivity index is 1.38. The van der Waals surface area contributed by atoms with Crippen molar-refractivity contribution in [3.63, 3.8) is 0 Å². The molecule has 4 rings (SSSR count). The molecule has 0 unspecified atom stereocenters. The second-order valence-electron chi connectivity index (χ2n) is 8.10. The van der Waals surface area contributed by atoms with E-state index in [4.69, 9.17) is 0 Å². The van der Waals surface area contributed by atoms with Crippen molar-refractivity contribution in [2.24, 2.45) is 0 Å². The average molecular weight is 405 g/mol. The van der Waals surface area contributed by atoms with Gasteiger partial charge in [0.15, 0.2) is 0 Å². The van der Waals surface area contributed by atoms with E-state index in [0.29, 0.717) is 24.9 Å². The number of aromatic nitrogens is 1. The van der Waals surface area contributed by atoms with Crippen LogP contribution >= 0.6 is 0 Å². The summed E-state index contributed by atoms with van der Waals surface area (Å²) in [4.78, 5) is 12.3. The van der Waals surface area contributed by atoms with Crippen molar-refractivity contribution < 1.29 is 9.18 Å². The van der Waals surface area contributed by atoms with Crippen LogP contribution in [0.15, 0.2) is 66.4 Å². The fourth-order valence-corrected chi connectivity index (χ4v) is 4.29. The van der Waals surface area contributed by atoms with E-state index < -0.39 is 0 Å². The topological polar surface area (TPSA) is 34.0 Å². The van der Waals surface area contributed by atoms with Gasteiger partial charge in [0.25, 0.3) is 0 Å². The van der Waals surface area contributed by atoms with E-state index in [1.165, 1.54) is 37.3 Å². The highest BCUT2D eigenvalue weighted by Gasteiger charge is 2.12. The zero-order valence-corrected chi connectivity index (χ0v) is 17.4. The highest BCUT2D eigenvalue weighted by atomic mass is 19.1. The number of nitrogens with one attached hydrogen (secondary N) is 1. The van der Waals surface area contributed by atoms with Crippen molar-refractivity contribution in [1.29, 1.82) is 0 Å². The number of allylic oxidation sites excluding steroid dienone is 1. The van der Waals surface area contributed by atoms with Gasteiger partial charge in [-0.1, -0.05) is 48.0 Å². The largest absolute Gasteiger partial charge is 0.356 e. The lowest BCUT2D eigenvalue weighted by molar-refractivity contribution is -0.121. The molecule has 1 heterocycles. The number of benzene rings is 2. The fraction of sp³-hybridized carbons (Fsp3) is 0.346. The molecule has 30 heavy (non-hydrogen) atoms. The van der Waals surface area contributed by atoms with Crippen molar-refractivity contribution in [3.8, 4) is 0 Å². The highest BCUT2D eigenvalue weighted by Crippen LogP contribution is 2.24. The first kappa shape index (κ1) is 20.4. The Kier molecular flexibility index (Phi) is 6.63. The van der Waals surface area contributed by atoms with Crippen LogP contribution < -0.4 is 5.32 Å². The second kappa shape index (κ2) is 9.75. The number of aryl methyl sites for hydroxylation is 1. The molecule has 1 N–H and O–H groups in total. The molecule has 0 fully saturated rings. The Hall–Kier alpha value is -2.88. The molecular weight excluding hydrogens is 375 g/mol. The molecule has 0 aliphatic heterocycles. The monoisotopic (exact) mass is 404 g/mol. The SMILES string of the molecule is O=C(CCc1cn(Cc2ccccc2F)c2ccccc12)NCCC1=CCCCC1. The maximum Gasteiger partial charge on any atom is 0.220 e. The number of carbonyl (C=O) groups is 1. The van der Waals surface area contributed by atoms with Crippen LogP contribution in [-0.2, 0) is 17.8 Å². The number of hydrogen-bond donors (Lipinski definition) is 1. The van der Waals surface area contributed by atoms with Gasteiger partial charge in [0.05, 0.1) is 6.54 Å². The molecule has 1 aromatic heterocycles. The number of nitrogens with zero attached hydrogens (tertiary/aromatic N) is 1. The molecule has 3 nitrogen and oxygen atoms in total. The molecule has 156 valence electrons. The third-order valence-corrected chi connectivity index (χ3v) is 5.94. The second-order valence-corrected chi connectivity index (χ2v) is 8.10. The Morgan fingerprint density at radius 1 is 1.00 bits per heavy atom. The van der Waals surface area contributed by atoms with Crippen LogP contribution in [0, 0.1) is 5.82 Å². The minimum Gasteiger partial charge on any atom is -0.356 e. The van der Waals surface area contributed by atoms with Crippen molar-refractivity contribution in [2.45, 2.75) is 51.5 Å². The summed E-state index contributed by atoms with van der Waals surface area (Å²) in [6.07, 6.45) is 11.4. The number of rotatable bonds is 8. The van der Waals surface area contributed by atoms with Crippen molar-refractivity contribution in [2.75, 3.05) is 6.54 Å². The first-order valence-electron chi connectivity index (χ1n) is 11.0. The van der Waals surface area contributed by atoms with Gasteiger partial charge >= 0.3 is 0 Å². The lowest BCUT2D eigenvalue weighted by Gasteiger charge is -2.12. The van der Waals surface area contributed by atoms with E-state index in [9.17, 15) is 9.18 Å². The molecule has 4 heteroatoms. The average Bonchev–Trinajstić information content (AvgIpc) is 3.12. The summed E-state index contributed by atoms with van der Waals surface area (Å²) in [7, 11) is 0. The molecule has 1 aliphatic rings. The maximum atomic E-state index is 14.1. The summed E-state index contributed by atoms with van der Waals surface area (Å²) in [5.74, 6) is -0.0957. The highest BCUT2D eigenvalue weighted by molar-refractivity contribution is 5.85. The maximum absolute atomic E-state index is 14.1. The molecule has 0 spiro atoms. The van der Waals surface area contributed by atoms with Gasteiger partial charge in [-0.15, -0.1) is 0 Å². The van der Waals surface area contributed by atoms with Crippen molar-refractivity contribution in [3.05, 3.63) is 83.3 Å². The van der Waals surface area contributed by atoms with Gasteiger partial charge < -0.3 is 9.88 Å². The Morgan fingerprint density at radius 2 is 1.83 bits per heavy atom. The van der Waals surface area contributed by atoms with E-state index in [-0.39, 0.29) is 11.7 Å². The molecule has 1 amide bonds. The molecule has 1 aliphatic carbocycles. The smallest absolute Gasteiger partial charge is 0.220 e. The summed E-state index contributed by atoms with van der Waals surface area (Å²) >= 11 is 0. The number of hydrogen-bond acceptors (Lipinski definition) is 1. The van der Waals surface area contributed by atoms with Crippen molar-refractivity contribution in [1.82, 2.24) is 9.88 Å². The van der Waals surface area contributed by atoms with Crippen LogP contribution in [-0.4, -0.2) is 17.0 Å². The predicted octanol–water partition coefficient (Wildman–Crippen LogP) is 5.77. The Morgan fingerprint density at radius 3 is 2.67 bits per heavy atom. The third-order valence-electron chi connectivity index (χ3n) is 5.94. The van der Waals surface area contributed by atoms with Crippen LogP contribution in [0.3, 0.4) is 0 Å². The Labute approximate surface area is 177 Å². The number of halogens is 1. The summed E-state index contributed by atoms with van der Waals surface area (Å²) < 4.78 is 16.2. The predicted molar refractivity (Wildman–Crippen MR) is 120 cm³/mol. The van der Waals surface area contributed by atoms with Gasteiger partial charge in [0, 0.05) is 35.6 Å². The Bertz CT molecular complexity index is 1050. The minimum atomic E-state index is -0.190. The van der Waals surface area contributed by atoms with Crippen molar-refractivity contribution >= 4 is 16.8 Å². The molecule has 0 bridgehead atoms. The summed E-state index contributed by atoms with van der Waals surface area (Å²) in [5.41, 5.74) is 4.35. The summed E-state index contributed by atoms with van der Waals surface area (Å²) in [5, 5.41) is 4.20. The lowest BCUT2D eigenvalue weighted by Crippen LogP contribution is -2.25. The number of amides is 1. The molecule has 0 saturated carbocycles.